The van der Waals surface area contributed by atoms with Crippen molar-refractivity contribution in [2.24, 2.45) is 5.41 Å². The lowest BCUT2D eigenvalue weighted by Crippen LogP contribution is -2.33. The van der Waals surface area contributed by atoms with Gasteiger partial charge in [-0.05, 0) is 12.8 Å². The number of ether oxygens (including phenoxy) is 1. The first-order valence-electron chi connectivity index (χ1n) is 3.48. The summed E-state index contributed by atoms with van der Waals surface area (Å²) in [6, 6.07) is 0. The Morgan fingerprint density at radius 3 is 2.20 bits per heavy atom. The molecule has 1 heterocycles. The molecule has 0 N–H and O–H groups in total. The van der Waals surface area contributed by atoms with Crippen molar-refractivity contribution in [1.82, 2.24) is 0 Å². The fourth-order valence-corrected chi connectivity index (χ4v) is 1.58. The maximum Gasteiger partial charge on any atom is 0.320 e. The fourth-order valence-electron chi connectivity index (χ4n) is 1.58. The van der Waals surface area contributed by atoms with Crippen LogP contribution in [0, 0.1) is 5.41 Å². The SMILES string of the molecule is O=C1CC2(CCC2)C(=O)O1. The molecule has 3 heteroatoms. The third kappa shape index (κ3) is 0.549. The molecule has 0 aromatic carbocycles. The summed E-state index contributed by atoms with van der Waals surface area (Å²) in [4.78, 5) is 21.6. The van der Waals surface area contributed by atoms with Crippen molar-refractivity contribution >= 4 is 11.9 Å². The summed E-state index contributed by atoms with van der Waals surface area (Å²) in [5.41, 5.74) is -0.364. The van der Waals surface area contributed by atoms with Crippen LogP contribution in [0.25, 0.3) is 0 Å². The van der Waals surface area contributed by atoms with Gasteiger partial charge >= 0.3 is 11.9 Å². The van der Waals surface area contributed by atoms with Gasteiger partial charge in [0, 0.05) is 0 Å². The average Bonchev–Trinajstić information content (AvgIpc) is 2.04. The van der Waals surface area contributed by atoms with Gasteiger partial charge in [-0.25, -0.2) is 0 Å². The van der Waals surface area contributed by atoms with Gasteiger partial charge in [-0.2, -0.15) is 0 Å². The van der Waals surface area contributed by atoms with Crippen molar-refractivity contribution in [3.63, 3.8) is 0 Å². The van der Waals surface area contributed by atoms with E-state index in [0.29, 0.717) is 6.42 Å². The van der Waals surface area contributed by atoms with Gasteiger partial charge in [0.15, 0.2) is 0 Å². The quantitative estimate of drug-likeness (QED) is 0.366. The third-order valence-electron chi connectivity index (χ3n) is 2.43. The second-order valence-electron chi connectivity index (χ2n) is 3.07. The molecule has 1 aliphatic heterocycles. The van der Waals surface area contributed by atoms with Crippen molar-refractivity contribution in [2.75, 3.05) is 0 Å². The van der Waals surface area contributed by atoms with Crippen LogP contribution in [-0.2, 0) is 14.3 Å². The lowest BCUT2D eigenvalue weighted by Gasteiger charge is -2.32. The first-order valence-corrected chi connectivity index (χ1v) is 3.48. The highest BCUT2D eigenvalue weighted by atomic mass is 16.6. The van der Waals surface area contributed by atoms with Crippen molar-refractivity contribution in [3.8, 4) is 0 Å². The Kier molecular flexibility index (Phi) is 0.938. The molecule has 0 unspecified atom stereocenters. The van der Waals surface area contributed by atoms with E-state index in [4.69, 9.17) is 0 Å². The Hall–Kier alpha value is -0.860. The third-order valence-corrected chi connectivity index (χ3v) is 2.43. The summed E-state index contributed by atoms with van der Waals surface area (Å²) in [5.74, 6) is -0.631. The van der Waals surface area contributed by atoms with E-state index in [-0.39, 0.29) is 17.4 Å². The van der Waals surface area contributed by atoms with Crippen molar-refractivity contribution in [2.45, 2.75) is 25.7 Å². The van der Waals surface area contributed by atoms with E-state index in [9.17, 15) is 9.59 Å². The second kappa shape index (κ2) is 1.59. The molecule has 0 amide bonds. The monoisotopic (exact) mass is 140 g/mol. The summed E-state index contributed by atoms with van der Waals surface area (Å²) < 4.78 is 4.44. The Labute approximate surface area is 58.4 Å². The second-order valence-corrected chi connectivity index (χ2v) is 3.07. The molecule has 1 saturated heterocycles. The Morgan fingerprint density at radius 1 is 1.30 bits per heavy atom. The van der Waals surface area contributed by atoms with Crippen LogP contribution in [0.5, 0.6) is 0 Å². The molecule has 1 saturated carbocycles. The maximum atomic E-state index is 10.9. The first kappa shape index (κ1) is 5.89. The zero-order chi connectivity index (χ0) is 7.19. The number of hydrogen-bond acceptors (Lipinski definition) is 3. The minimum Gasteiger partial charge on any atom is -0.393 e. The molecule has 0 atom stereocenters. The molecule has 1 aliphatic carbocycles. The highest BCUT2D eigenvalue weighted by Crippen LogP contribution is 2.48. The maximum absolute atomic E-state index is 10.9. The predicted molar refractivity (Wildman–Crippen MR) is 32.0 cm³/mol. The first-order chi connectivity index (χ1) is 4.73. The average molecular weight is 140 g/mol. The Balaban J connectivity index is 2.23. The van der Waals surface area contributed by atoms with Crippen molar-refractivity contribution in [3.05, 3.63) is 0 Å². The van der Waals surface area contributed by atoms with Crippen LogP contribution in [0.3, 0.4) is 0 Å². The van der Waals surface area contributed by atoms with E-state index < -0.39 is 0 Å². The molecule has 3 nitrogen and oxygen atoms in total. The minimum atomic E-state index is -0.364. The van der Waals surface area contributed by atoms with E-state index in [1.807, 2.05) is 0 Å². The number of carbonyl (C=O) groups excluding carboxylic acids is 2. The highest BCUT2D eigenvalue weighted by Gasteiger charge is 2.52. The molecule has 2 aliphatic rings. The molecule has 0 bridgehead atoms. The lowest BCUT2D eigenvalue weighted by molar-refractivity contribution is -0.157. The largest absolute Gasteiger partial charge is 0.393 e. The highest BCUT2D eigenvalue weighted by molar-refractivity contribution is 5.97. The molecule has 1 spiro atoms. The number of rotatable bonds is 0. The molecule has 0 aromatic rings. The number of esters is 2. The van der Waals surface area contributed by atoms with Crippen LogP contribution in [0.1, 0.15) is 25.7 Å². The zero-order valence-corrected chi connectivity index (χ0v) is 5.55. The van der Waals surface area contributed by atoms with Gasteiger partial charge in [0.2, 0.25) is 0 Å². The van der Waals surface area contributed by atoms with Gasteiger partial charge in [-0.1, -0.05) is 6.42 Å². The Morgan fingerprint density at radius 2 is 2.00 bits per heavy atom. The molecular formula is C7H8O3. The van der Waals surface area contributed by atoms with Crippen LogP contribution in [0.15, 0.2) is 0 Å². The van der Waals surface area contributed by atoms with Crippen LogP contribution in [-0.4, -0.2) is 11.9 Å². The smallest absolute Gasteiger partial charge is 0.320 e. The summed E-state index contributed by atoms with van der Waals surface area (Å²) in [6.07, 6.45) is 3.07. The van der Waals surface area contributed by atoms with Gasteiger partial charge in [0.05, 0.1) is 11.8 Å². The number of carbonyl (C=O) groups is 2. The van der Waals surface area contributed by atoms with E-state index in [2.05, 4.69) is 4.74 Å². The zero-order valence-electron chi connectivity index (χ0n) is 5.55. The molecule has 0 radical (unpaired) electrons. The molecule has 54 valence electrons. The summed E-state index contributed by atoms with van der Waals surface area (Å²) in [6.45, 7) is 0. The van der Waals surface area contributed by atoms with Crippen LogP contribution in [0.4, 0.5) is 0 Å². The standard InChI is InChI=1S/C7H8O3/c8-5-4-7(2-1-3-7)6(9)10-5/h1-4H2. The molecule has 10 heavy (non-hydrogen) atoms. The van der Waals surface area contributed by atoms with Gasteiger partial charge in [-0.15, -0.1) is 0 Å². The van der Waals surface area contributed by atoms with Crippen molar-refractivity contribution < 1.29 is 14.3 Å². The van der Waals surface area contributed by atoms with Gasteiger partial charge < -0.3 is 4.74 Å². The van der Waals surface area contributed by atoms with Gasteiger partial charge in [0.1, 0.15) is 0 Å². The molecular weight excluding hydrogens is 132 g/mol. The number of cyclic esters (lactones) is 2. The van der Waals surface area contributed by atoms with Gasteiger partial charge in [0.25, 0.3) is 0 Å². The fraction of sp³-hybridized carbons (Fsp3) is 0.714. The van der Waals surface area contributed by atoms with Crippen LogP contribution in [0.2, 0.25) is 0 Å². The molecule has 2 rings (SSSR count). The molecule has 2 fully saturated rings. The van der Waals surface area contributed by atoms with E-state index in [1.165, 1.54) is 0 Å². The normalized spacial score (nSPS) is 28.4. The lowest BCUT2D eigenvalue weighted by atomic mass is 9.68. The summed E-state index contributed by atoms with van der Waals surface area (Å²) in [5, 5.41) is 0. The Bertz CT molecular complexity index is 203. The summed E-state index contributed by atoms with van der Waals surface area (Å²) >= 11 is 0. The number of hydrogen-bond donors (Lipinski definition) is 0. The van der Waals surface area contributed by atoms with E-state index in [0.717, 1.165) is 19.3 Å². The van der Waals surface area contributed by atoms with E-state index in [1.54, 1.807) is 0 Å². The van der Waals surface area contributed by atoms with Crippen LogP contribution >= 0.6 is 0 Å². The van der Waals surface area contributed by atoms with Crippen molar-refractivity contribution in [1.29, 1.82) is 0 Å². The van der Waals surface area contributed by atoms with Crippen LogP contribution < -0.4 is 0 Å². The summed E-state index contributed by atoms with van der Waals surface area (Å²) in [7, 11) is 0. The predicted octanol–water partition coefficient (Wildman–Crippen LogP) is 0.630. The molecule has 0 aromatic heterocycles. The minimum absolute atomic E-state index is 0.288. The van der Waals surface area contributed by atoms with Gasteiger partial charge in [-0.3, -0.25) is 9.59 Å². The van der Waals surface area contributed by atoms with E-state index >= 15 is 0 Å². The topological polar surface area (TPSA) is 43.4 Å².